The third kappa shape index (κ3) is 3.06. The summed E-state index contributed by atoms with van der Waals surface area (Å²) in [6.07, 6.45) is 2.83. The molecule has 1 aromatic rings. The van der Waals surface area contributed by atoms with Gasteiger partial charge in [-0.05, 0) is 13.3 Å². The van der Waals surface area contributed by atoms with Crippen LogP contribution in [-0.2, 0) is 4.74 Å². The van der Waals surface area contributed by atoms with Gasteiger partial charge < -0.3 is 15.0 Å². The normalized spacial score (nSPS) is 12.8. The Morgan fingerprint density at radius 2 is 2.46 bits per heavy atom. The largest absolute Gasteiger partial charge is 0.383 e. The van der Waals surface area contributed by atoms with Crippen molar-refractivity contribution >= 4 is 5.95 Å². The van der Waals surface area contributed by atoms with Crippen molar-refractivity contribution in [2.45, 2.75) is 26.3 Å². The van der Waals surface area contributed by atoms with Crippen molar-refractivity contribution in [1.82, 2.24) is 9.97 Å². The zero-order chi connectivity index (χ0) is 9.68. The van der Waals surface area contributed by atoms with Gasteiger partial charge in [0, 0.05) is 19.0 Å². The molecule has 0 amide bonds. The average Bonchev–Trinajstić information content (AvgIpc) is 2.50. The van der Waals surface area contributed by atoms with E-state index in [0.29, 0.717) is 12.6 Å². The molecule has 13 heavy (non-hydrogen) atoms. The second-order valence-electron chi connectivity index (χ2n) is 3.12. The SMILES string of the molecule is CCC(COC)Nc1ncc(C)[nH]1. The maximum atomic E-state index is 5.07. The lowest BCUT2D eigenvalue weighted by molar-refractivity contribution is 0.184. The molecular formula is C9H17N3O. The Morgan fingerprint density at radius 3 is 2.92 bits per heavy atom. The molecule has 0 fully saturated rings. The molecule has 0 saturated heterocycles. The number of nitrogens with one attached hydrogen (secondary N) is 2. The third-order valence-electron chi connectivity index (χ3n) is 1.90. The van der Waals surface area contributed by atoms with Crippen molar-refractivity contribution in [3.05, 3.63) is 11.9 Å². The summed E-state index contributed by atoms with van der Waals surface area (Å²) >= 11 is 0. The molecule has 4 nitrogen and oxygen atoms in total. The highest BCUT2D eigenvalue weighted by Gasteiger charge is 2.06. The van der Waals surface area contributed by atoms with Crippen LogP contribution in [0.15, 0.2) is 6.20 Å². The first-order valence-electron chi connectivity index (χ1n) is 4.53. The molecule has 0 bridgehead atoms. The Balaban J connectivity index is 2.46. The number of imidazole rings is 1. The number of aromatic nitrogens is 2. The summed E-state index contributed by atoms with van der Waals surface area (Å²) < 4.78 is 5.07. The van der Waals surface area contributed by atoms with E-state index in [0.717, 1.165) is 18.1 Å². The number of aromatic amines is 1. The van der Waals surface area contributed by atoms with Gasteiger partial charge in [-0.1, -0.05) is 6.92 Å². The van der Waals surface area contributed by atoms with Gasteiger partial charge in [0.05, 0.1) is 12.6 Å². The van der Waals surface area contributed by atoms with Crippen molar-refractivity contribution in [3.63, 3.8) is 0 Å². The van der Waals surface area contributed by atoms with Gasteiger partial charge in [-0.2, -0.15) is 0 Å². The topological polar surface area (TPSA) is 49.9 Å². The number of nitrogens with zero attached hydrogens (tertiary/aromatic N) is 1. The predicted molar refractivity (Wildman–Crippen MR) is 52.9 cm³/mol. The first-order chi connectivity index (χ1) is 6.26. The van der Waals surface area contributed by atoms with Gasteiger partial charge in [0.25, 0.3) is 0 Å². The van der Waals surface area contributed by atoms with Crippen LogP contribution in [0.2, 0.25) is 0 Å². The fourth-order valence-electron chi connectivity index (χ4n) is 1.14. The highest BCUT2D eigenvalue weighted by Crippen LogP contribution is 2.04. The summed E-state index contributed by atoms with van der Waals surface area (Å²) in [5.41, 5.74) is 1.06. The van der Waals surface area contributed by atoms with E-state index in [1.807, 2.05) is 13.1 Å². The van der Waals surface area contributed by atoms with E-state index < -0.39 is 0 Å². The van der Waals surface area contributed by atoms with Gasteiger partial charge in [-0.3, -0.25) is 0 Å². The van der Waals surface area contributed by atoms with Crippen molar-refractivity contribution in [1.29, 1.82) is 0 Å². The van der Waals surface area contributed by atoms with Crippen LogP contribution in [0.4, 0.5) is 5.95 Å². The summed E-state index contributed by atoms with van der Waals surface area (Å²) in [6, 6.07) is 0.329. The lowest BCUT2D eigenvalue weighted by Gasteiger charge is -2.14. The van der Waals surface area contributed by atoms with E-state index in [4.69, 9.17) is 4.74 Å². The Hall–Kier alpha value is -1.03. The van der Waals surface area contributed by atoms with Gasteiger partial charge in [-0.15, -0.1) is 0 Å². The van der Waals surface area contributed by atoms with Crippen LogP contribution in [0, 0.1) is 6.92 Å². The molecule has 1 aromatic heterocycles. The predicted octanol–water partition coefficient (Wildman–Crippen LogP) is 1.56. The minimum Gasteiger partial charge on any atom is -0.383 e. The number of anilines is 1. The average molecular weight is 183 g/mol. The summed E-state index contributed by atoms with van der Waals surface area (Å²) in [6.45, 7) is 4.80. The highest BCUT2D eigenvalue weighted by atomic mass is 16.5. The molecule has 2 N–H and O–H groups in total. The molecule has 0 aliphatic heterocycles. The molecule has 1 unspecified atom stereocenters. The number of rotatable bonds is 5. The maximum Gasteiger partial charge on any atom is 0.200 e. The number of methoxy groups -OCH3 is 1. The molecule has 0 aromatic carbocycles. The monoisotopic (exact) mass is 183 g/mol. The number of aryl methyl sites for hydroxylation is 1. The molecule has 0 aliphatic rings. The summed E-state index contributed by atoms with van der Waals surface area (Å²) in [7, 11) is 1.71. The summed E-state index contributed by atoms with van der Waals surface area (Å²) in [4.78, 5) is 7.29. The molecule has 1 heterocycles. The van der Waals surface area contributed by atoms with E-state index in [9.17, 15) is 0 Å². The van der Waals surface area contributed by atoms with Gasteiger partial charge >= 0.3 is 0 Å². The second-order valence-corrected chi connectivity index (χ2v) is 3.12. The number of ether oxygens (including phenoxy) is 1. The van der Waals surface area contributed by atoms with E-state index in [1.165, 1.54) is 0 Å². The van der Waals surface area contributed by atoms with Gasteiger partial charge in [0.15, 0.2) is 0 Å². The molecule has 0 spiro atoms. The molecular weight excluding hydrogens is 166 g/mol. The first kappa shape index (κ1) is 10.1. The second kappa shape index (κ2) is 4.87. The minimum absolute atomic E-state index is 0.329. The van der Waals surface area contributed by atoms with Crippen LogP contribution in [0.5, 0.6) is 0 Å². The summed E-state index contributed by atoms with van der Waals surface area (Å²) in [5, 5.41) is 3.26. The number of hydrogen-bond donors (Lipinski definition) is 2. The van der Waals surface area contributed by atoms with Gasteiger partial charge in [-0.25, -0.2) is 4.98 Å². The van der Waals surface area contributed by atoms with E-state index in [-0.39, 0.29) is 0 Å². The molecule has 4 heteroatoms. The molecule has 1 rings (SSSR count). The number of hydrogen-bond acceptors (Lipinski definition) is 3. The minimum atomic E-state index is 0.329. The third-order valence-corrected chi connectivity index (χ3v) is 1.90. The highest BCUT2D eigenvalue weighted by molar-refractivity contribution is 5.27. The Bertz CT molecular complexity index is 247. The Kier molecular flexibility index (Phi) is 3.76. The first-order valence-corrected chi connectivity index (χ1v) is 4.53. The zero-order valence-corrected chi connectivity index (χ0v) is 8.42. The quantitative estimate of drug-likeness (QED) is 0.728. The van der Waals surface area contributed by atoms with E-state index >= 15 is 0 Å². The van der Waals surface area contributed by atoms with Crippen molar-refractivity contribution < 1.29 is 4.74 Å². The van der Waals surface area contributed by atoms with Crippen molar-refractivity contribution in [2.24, 2.45) is 0 Å². The lowest BCUT2D eigenvalue weighted by atomic mass is 10.2. The molecule has 0 radical (unpaired) electrons. The lowest BCUT2D eigenvalue weighted by Crippen LogP contribution is -2.24. The Morgan fingerprint density at radius 1 is 1.69 bits per heavy atom. The molecule has 74 valence electrons. The standard InChI is InChI=1S/C9H17N3O/c1-4-8(6-13-3)12-9-10-5-7(2)11-9/h5,8H,4,6H2,1-3H3,(H2,10,11,12). The zero-order valence-electron chi connectivity index (χ0n) is 8.42. The number of H-pyrrole nitrogens is 1. The van der Waals surface area contributed by atoms with Crippen LogP contribution in [0.1, 0.15) is 19.0 Å². The molecule has 0 saturated carbocycles. The van der Waals surface area contributed by atoms with Gasteiger partial charge in [0.1, 0.15) is 0 Å². The van der Waals surface area contributed by atoms with Crippen molar-refractivity contribution in [2.75, 3.05) is 19.0 Å². The van der Waals surface area contributed by atoms with E-state index in [2.05, 4.69) is 22.2 Å². The summed E-state index contributed by atoms with van der Waals surface area (Å²) in [5.74, 6) is 0.821. The fraction of sp³-hybridized carbons (Fsp3) is 0.667. The van der Waals surface area contributed by atoms with Gasteiger partial charge in [0.2, 0.25) is 5.95 Å². The van der Waals surface area contributed by atoms with Crippen LogP contribution in [-0.4, -0.2) is 29.7 Å². The van der Waals surface area contributed by atoms with E-state index in [1.54, 1.807) is 7.11 Å². The molecule has 0 aliphatic carbocycles. The van der Waals surface area contributed by atoms with Crippen molar-refractivity contribution in [3.8, 4) is 0 Å². The van der Waals surface area contributed by atoms with Crippen LogP contribution in [0.25, 0.3) is 0 Å². The Labute approximate surface area is 78.7 Å². The maximum absolute atomic E-state index is 5.07. The molecule has 1 atom stereocenters. The van der Waals surface area contributed by atoms with Crippen LogP contribution < -0.4 is 5.32 Å². The fourth-order valence-corrected chi connectivity index (χ4v) is 1.14. The van der Waals surface area contributed by atoms with Crippen LogP contribution in [0.3, 0.4) is 0 Å². The van der Waals surface area contributed by atoms with Crippen LogP contribution >= 0.6 is 0 Å². The smallest absolute Gasteiger partial charge is 0.200 e.